The number of benzene rings is 2. The van der Waals surface area contributed by atoms with Gasteiger partial charge in [0.05, 0.1) is 7.11 Å². The van der Waals surface area contributed by atoms with E-state index in [1.807, 2.05) is 0 Å². The van der Waals surface area contributed by atoms with E-state index in [9.17, 15) is 24.3 Å². The number of thioether (sulfide) groups is 1. The fourth-order valence-electron chi connectivity index (χ4n) is 4.04. The third kappa shape index (κ3) is 5.15. The van der Waals surface area contributed by atoms with Crippen LogP contribution in [0.5, 0.6) is 5.75 Å². The molecule has 2 heterocycles. The van der Waals surface area contributed by atoms with E-state index in [4.69, 9.17) is 9.47 Å². The van der Waals surface area contributed by atoms with Crippen LogP contribution in [0.2, 0.25) is 0 Å². The molecule has 4 rings (SSSR count). The highest BCUT2D eigenvalue weighted by Gasteiger charge is 2.56. The van der Waals surface area contributed by atoms with Crippen LogP contribution in [0, 0.1) is 0 Å². The van der Waals surface area contributed by atoms with E-state index < -0.39 is 47.4 Å². The third-order valence-electron chi connectivity index (χ3n) is 5.90. The van der Waals surface area contributed by atoms with Crippen molar-refractivity contribution in [2.24, 2.45) is 0 Å². The van der Waals surface area contributed by atoms with Crippen LogP contribution in [0.25, 0.3) is 0 Å². The largest absolute Gasteiger partial charge is 0.497 e. The molecule has 0 radical (unpaired) electrons. The smallest absolute Gasteiger partial charge is 0.408 e. The van der Waals surface area contributed by atoms with Gasteiger partial charge in [-0.25, -0.2) is 9.59 Å². The summed E-state index contributed by atoms with van der Waals surface area (Å²) in [6, 6.07) is 12.4. The number of aliphatic carboxylic acids is 1. The van der Waals surface area contributed by atoms with Crippen LogP contribution in [0.4, 0.5) is 4.79 Å². The van der Waals surface area contributed by atoms with E-state index in [1.54, 1.807) is 61.7 Å². The Morgan fingerprint density at radius 3 is 2.50 bits per heavy atom. The molecule has 36 heavy (non-hydrogen) atoms. The number of methoxy groups -OCH3 is 1. The van der Waals surface area contributed by atoms with Crippen molar-refractivity contribution in [3.8, 4) is 5.75 Å². The second-order valence-electron chi connectivity index (χ2n) is 8.24. The summed E-state index contributed by atoms with van der Waals surface area (Å²) in [5.41, 5.74) is 1.65. The van der Waals surface area contributed by atoms with Crippen LogP contribution in [0.1, 0.15) is 17.2 Å². The van der Waals surface area contributed by atoms with Gasteiger partial charge in [-0.1, -0.05) is 49.0 Å². The summed E-state index contributed by atoms with van der Waals surface area (Å²) in [5, 5.41) is 14.2. The number of nitrogens with one attached hydrogen (secondary N) is 2. The number of carbonyl (C=O) groups is 4. The monoisotopic (exact) mass is 511 g/mol. The lowest BCUT2D eigenvalue weighted by Crippen LogP contribution is -2.75. The molecule has 2 aromatic rings. The van der Waals surface area contributed by atoms with Gasteiger partial charge in [0.25, 0.3) is 0 Å². The fourth-order valence-corrected chi connectivity index (χ4v) is 5.35. The molecule has 2 aromatic carbocycles. The zero-order valence-electron chi connectivity index (χ0n) is 19.4. The molecule has 2 saturated heterocycles. The van der Waals surface area contributed by atoms with E-state index in [0.717, 1.165) is 5.56 Å². The molecule has 3 N–H and O–H groups in total. The van der Waals surface area contributed by atoms with Gasteiger partial charge in [0.1, 0.15) is 29.8 Å². The number of amides is 3. The average Bonchev–Trinajstić information content (AvgIpc) is 2.89. The summed E-state index contributed by atoms with van der Waals surface area (Å²) in [7, 11) is 1.55. The topological polar surface area (TPSA) is 134 Å². The van der Waals surface area contributed by atoms with Gasteiger partial charge in [0.15, 0.2) is 6.04 Å². The molecule has 4 atom stereocenters. The lowest BCUT2D eigenvalue weighted by molar-refractivity contribution is -0.160. The van der Waals surface area contributed by atoms with E-state index in [-0.39, 0.29) is 6.61 Å². The minimum absolute atomic E-state index is 0.0196. The maximum absolute atomic E-state index is 13.2. The fraction of sp³-hybridized carbons (Fsp3) is 0.280. The Kier molecular flexibility index (Phi) is 7.49. The van der Waals surface area contributed by atoms with Crippen molar-refractivity contribution in [2.75, 3.05) is 12.9 Å². The zero-order chi connectivity index (χ0) is 25.8. The van der Waals surface area contributed by atoms with Gasteiger partial charge in [-0.3, -0.25) is 9.59 Å². The Hall–Kier alpha value is -3.99. The number of carboxylic acid groups (broad SMARTS) is 1. The number of rotatable bonds is 8. The van der Waals surface area contributed by atoms with Crippen molar-refractivity contribution >= 4 is 35.6 Å². The van der Waals surface area contributed by atoms with E-state index in [0.29, 0.717) is 22.6 Å². The number of nitrogens with zero attached hydrogens (tertiary/aromatic N) is 1. The molecule has 0 spiro atoms. The maximum atomic E-state index is 13.2. The van der Waals surface area contributed by atoms with Crippen LogP contribution >= 0.6 is 11.8 Å². The van der Waals surface area contributed by atoms with Crippen molar-refractivity contribution in [1.29, 1.82) is 0 Å². The first-order chi connectivity index (χ1) is 17.3. The number of carboxylic acids is 1. The molecule has 188 valence electrons. The number of hydrogen-bond acceptors (Lipinski definition) is 7. The second kappa shape index (κ2) is 10.7. The van der Waals surface area contributed by atoms with Crippen molar-refractivity contribution in [3.05, 3.63) is 77.9 Å². The molecule has 2 fully saturated rings. The lowest BCUT2D eigenvalue weighted by atomic mass is 9.98. The lowest BCUT2D eigenvalue weighted by Gasteiger charge is -2.52. The normalized spacial score (nSPS) is 21.5. The number of hydrogen-bond donors (Lipinski definition) is 3. The van der Waals surface area contributed by atoms with Gasteiger partial charge in [-0.15, -0.1) is 11.8 Å². The molecule has 3 amide bonds. The van der Waals surface area contributed by atoms with Gasteiger partial charge in [-0.2, -0.15) is 0 Å². The number of ether oxygens (including phenoxy) is 2. The number of β-lactam (4-membered cyclic amide) rings is 1. The van der Waals surface area contributed by atoms with E-state index >= 15 is 0 Å². The van der Waals surface area contributed by atoms with Crippen LogP contribution in [0.3, 0.4) is 0 Å². The van der Waals surface area contributed by atoms with Gasteiger partial charge in [-0.05, 0) is 28.8 Å². The van der Waals surface area contributed by atoms with Gasteiger partial charge >= 0.3 is 12.1 Å². The minimum Gasteiger partial charge on any atom is -0.497 e. The van der Waals surface area contributed by atoms with Crippen molar-refractivity contribution in [2.45, 2.75) is 30.1 Å². The molecule has 10 nitrogen and oxygen atoms in total. The number of carbonyl (C=O) groups excluding carboxylic acids is 3. The van der Waals surface area contributed by atoms with Crippen molar-refractivity contribution in [1.82, 2.24) is 15.5 Å². The Labute approximate surface area is 211 Å². The minimum atomic E-state index is -1.16. The Morgan fingerprint density at radius 2 is 1.86 bits per heavy atom. The van der Waals surface area contributed by atoms with Crippen LogP contribution in [-0.4, -0.2) is 64.2 Å². The maximum Gasteiger partial charge on any atom is 0.408 e. The quantitative estimate of drug-likeness (QED) is 0.362. The molecule has 11 heteroatoms. The molecule has 2 aliphatic rings. The number of fused-ring (bicyclic) bond motifs is 1. The van der Waals surface area contributed by atoms with Gasteiger partial charge in [0.2, 0.25) is 11.8 Å². The molecule has 2 aliphatic heterocycles. The third-order valence-corrected chi connectivity index (χ3v) is 7.28. The first kappa shape index (κ1) is 25.1. The average molecular weight is 512 g/mol. The molecule has 0 bridgehead atoms. The summed E-state index contributed by atoms with van der Waals surface area (Å²) < 4.78 is 10.4. The highest BCUT2D eigenvalue weighted by Crippen LogP contribution is 2.40. The molecular formula is C25H25N3O7S. The Bertz CT molecular complexity index is 1170. The summed E-state index contributed by atoms with van der Waals surface area (Å²) in [6.45, 7) is 3.73. The Morgan fingerprint density at radius 1 is 1.17 bits per heavy atom. The standard InChI is InChI=1S/C25H25N3O7S/c1-14-13-36-23-19(22(30)28(23)20(14)24(31)32)26-21(29)18(16-6-4-3-5-7-16)27-25(33)35-12-15-8-10-17(34-2)11-9-15/h3-11,18-20,23H,1,12-13H2,2H3,(H,26,29)(H,27,33)(H,31,32)/t18-,19-,20-,23-/m1/s1. The second-order valence-corrected chi connectivity index (χ2v) is 9.35. The predicted molar refractivity (Wildman–Crippen MR) is 131 cm³/mol. The predicted octanol–water partition coefficient (Wildman–Crippen LogP) is 2.07. The van der Waals surface area contributed by atoms with Crippen LogP contribution < -0.4 is 15.4 Å². The van der Waals surface area contributed by atoms with E-state index in [2.05, 4.69) is 17.2 Å². The summed E-state index contributed by atoms with van der Waals surface area (Å²) in [5.74, 6) is -1.26. The molecular weight excluding hydrogens is 486 g/mol. The summed E-state index contributed by atoms with van der Waals surface area (Å²) >= 11 is 1.33. The van der Waals surface area contributed by atoms with Crippen LogP contribution in [-0.2, 0) is 25.7 Å². The summed E-state index contributed by atoms with van der Waals surface area (Å²) in [6.07, 6.45) is -0.814. The Balaban J connectivity index is 1.42. The van der Waals surface area contributed by atoms with E-state index in [1.165, 1.54) is 16.7 Å². The molecule has 0 unspecified atom stereocenters. The van der Waals surface area contributed by atoms with Gasteiger partial charge in [0, 0.05) is 5.75 Å². The number of alkyl carbamates (subject to hydrolysis) is 1. The zero-order valence-corrected chi connectivity index (χ0v) is 20.2. The highest BCUT2D eigenvalue weighted by atomic mass is 32.2. The molecule has 0 aromatic heterocycles. The SMILES string of the molecule is C=C1CS[C@@H]2[C@H](NC(=O)[C@H](NC(=O)OCc3ccc(OC)cc3)c3ccccc3)C(=O)N2[C@H]1C(=O)O. The highest BCUT2D eigenvalue weighted by molar-refractivity contribution is 8.00. The van der Waals surface area contributed by atoms with Gasteiger partial charge < -0.3 is 30.1 Å². The van der Waals surface area contributed by atoms with Crippen LogP contribution in [0.15, 0.2) is 66.7 Å². The molecule has 0 aliphatic carbocycles. The molecule has 0 saturated carbocycles. The van der Waals surface area contributed by atoms with Crippen molar-refractivity contribution in [3.63, 3.8) is 0 Å². The van der Waals surface area contributed by atoms with Crippen molar-refractivity contribution < 1.29 is 33.8 Å². The summed E-state index contributed by atoms with van der Waals surface area (Å²) in [4.78, 5) is 51.4. The first-order valence-electron chi connectivity index (χ1n) is 11.1. The first-order valence-corrected chi connectivity index (χ1v) is 12.1.